The van der Waals surface area contributed by atoms with Gasteiger partial charge < -0.3 is 9.64 Å². The Balaban J connectivity index is 1.58. The van der Waals surface area contributed by atoms with Crippen LogP contribution in [-0.4, -0.2) is 48.2 Å². The SMILES string of the molecule is COc1ccc(CN2CCN(c3ncccn3)CC2)c(Cl)c1. The molecule has 0 saturated carbocycles. The van der Waals surface area contributed by atoms with Gasteiger partial charge in [0.1, 0.15) is 5.75 Å². The molecule has 0 radical (unpaired) electrons. The van der Waals surface area contributed by atoms with E-state index in [-0.39, 0.29) is 0 Å². The van der Waals surface area contributed by atoms with Crippen molar-refractivity contribution >= 4 is 17.5 Å². The molecule has 1 aliphatic rings. The zero-order valence-electron chi connectivity index (χ0n) is 12.6. The molecule has 116 valence electrons. The Morgan fingerprint density at radius 2 is 1.86 bits per heavy atom. The molecule has 1 aromatic heterocycles. The van der Waals surface area contributed by atoms with E-state index in [0.29, 0.717) is 0 Å². The Hall–Kier alpha value is -1.85. The van der Waals surface area contributed by atoms with E-state index in [0.717, 1.165) is 55.0 Å². The average Bonchev–Trinajstić information content (AvgIpc) is 2.58. The van der Waals surface area contributed by atoms with Crippen LogP contribution in [0.1, 0.15) is 5.56 Å². The predicted octanol–water partition coefficient (Wildman–Crippen LogP) is 2.46. The molecular weight excluding hydrogens is 300 g/mol. The van der Waals surface area contributed by atoms with Crippen LogP contribution in [0, 0.1) is 0 Å². The van der Waals surface area contributed by atoms with Gasteiger partial charge in [-0.25, -0.2) is 9.97 Å². The first kappa shape index (κ1) is 15.1. The largest absolute Gasteiger partial charge is 0.497 e. The number of anilines is 1. The Morgan fingerprint density at radius 3 is 2.50 bits per heavy atom. The molecule has 0 atom stereocenters. The summed E-state index contributed by atoms with van der Waals surface area (Å²) < 4.78 is 5.18. The summed E-state index contributed by atoms with van der Waals surface area (Å²) in [5, 5.41) is 0.758. The number of benzene rings is 1. The van der Waals surface area contributed by atoms with Crippen LogP contribution in [0.4, 0.5) is 5.95 Å². The highest BCUT2D eigenvalue weighted by Gasteiger charge is 2.19. The van der Waals surface area contributed by atoms with E-state index in [4.69, 9.17) is 16.3 Å². The first-order valence-electron chi connectivity index (χ1n) is 7.33. The quantitative estimate of drug-likeness (QED) is 0.866. The van der Waals surface area contributed by atoms with Crippen LogP contribution in [0.25, 0.3) is 0 Å². The minimum Gasteiger partial charge on any atom is -0.497 e. The maximum Gasteiger partial charge on any atom is 0.225 e. The number of nitrogens with zero attached hydrogens (tertiary/aromatic N) is 4. The smallest absolute Gasteiger partial charge is 0.225 e. The molecule has 0 unspecified atom stereocenters. The van der Waals surface area contributed by atoms with E-state index >= 15 is 0 Å². The molecule has 1 aliphatic heterocycles. The summed E-state index contributed by atoms with van der Waals surface area (Å²) in [4.78, 5) is 13.2. The van der Waals surface area contributed by atoms with Crippen molar-refractivity contribution < 1.29 is 4.74 Å². The van der Waals surface area contributed by atoms with Gasteiger partial charge in [-0.3, -0.25) is 4.90 Å². The van der Waals surface area contributed by atoms with Gasteiger partial charge in [-0.1, -0.05) is 17.7 Å². The van der Waals surface area contributed by atoms with Crippen LogP contribution in [0.5, 0.6) is 5.75 Å². The van der Waals surface area contributed by atoms with Crippen LogP contribution < -0.4 is 9.64 Å². The van der Waals surface area contributed by atoms with E-state index in [1.165, 1.54) is 0 Å². The molecule has 1 aromatic carbocycles. The van der Waals surface area contributed by atoms with Crippen LogP contribution in [0.2, 0.25) is 5.02 Å². The number of hydrogen-bond acceptors (Lipinski definition) is 5. The molecule has 1 saturated heterocycles. The highest BCUT2D eigenvalue weighted by atomic mass is 35.5. The normalized spacial score (nSPS) is 15.8. The molecule has 6 heteroatoms. The second kappa shape index (κ2) is 6.94. The van der Waals surface area contributed by atoms with Gasteiger partial charge in [-0.05, 0) is 23.8 Å². The lowest BCUT2D eigenvalue weighted by Gasteiger charge is -2.34. The first-order chi connectivity index (χ1) is 10.8. The van der Waals surface area contributed by atoms with Crippen LogP contribution in [0.15, 0.2) is 36.7 Å². The lowest BCUT2D eigenvalue weighted by molar-refractivity contribution is 0.248. The molecule has 22 heavy (non-hydrogen) atoms. The maximum atomic E-state index is 6.31. The summed E-state index contributed by atoms with van der Waals surface area (Å²) in [6, 6.07) is 7.69. The number of ether oxygens (including phenoxy) is 1. The van der Waals surface area contributed by atoms with Crippen molar-refractivity contribution in [2.24, 2.45) is 0 Å². The molecule has 0 aliphatic carbocycles. The van der Waals surface area contributed by atoms with Crippen molar-refractivity contribution in [3.05, 3.63) is 47.2 Å². The van der Waals surface area contributed by atoms with Crippen LogP contribution >= 0.6 is 11.6 Å². The number of rotatable bonds is 4. The van der Waals surface area contributed by atoms with Crippen molar-refractivity contribution in [2.75, 3.05) is 38.2 Å². The monoisotopic (exact) mass is 318 g/mol. The van der Waals surface area contributed by atoms with Gasteiger partial charge in [0.2, 0.25) is 5.95 Å². The predicted molar refractivity (Wildman–Crippen MR) is 87.5 cm³/mol. The topological polar surface area (TPSA) is 41.5 Å². The Kier molecular flexibility index (Phi) is 4.75. The standard InChI is InChI=1S/C16H19ClN4O/c1-22-14-4-3-13(15(17)11-14)12-20-7-9-21(10-8-20)16-18-5-2-6-19-16/h2-6,11H,7-10,12H2,1H3. The van der Waals surface area contributed by atoms with Gasteiger partial charge in [0.15, 0.2) is 0 Å². The summed E-state index contributed by atoms with van der Waals surface area (Å²) >= 11 is 6.31. The average molecular weight is 319 g/mol. The molecule has 2 aromatic rings. The van der Waals surface area contributed by atoms with Crippen LogP contribution in [0.3, 0.4) is 0 Å². The molecular formula is C16H19ClN4O. The number of aromatic nitrogens is 2. The Morgan fingerprint density at radius 1 is 1.14 bits per heavy atom. The number of methoxy groups -OCH3 is 1. The minimum absolute atomic E-state index is 0.758. The zero-order valence-corrected chi connectivity index (χ0v) is 13.3. The van der Waals surface area contributed by atoms with Gasteiger partial charge in [0.25, 0.3) is 0 Å². The highest BCUT2D eigenvalue weighted by Crippen LogP contribution is 2.24. The third-order valence-electron chi connectivity index (χ3n) is 3.86. The van der Waals surface area contributed by atoms with Crippen molar-refractivity contribution in [3.8, 4) is 5.75 Å². The van der Waals surface area contributed by atoms with E-state index in [1.807, 2.05) is 24.3 Å². The zero-order chi connectivity index (χ0) is 15.4. The fourth-order valence-corrected chi connectivity index (χ4v) is 2.81. The number of piperazine rings is 1. The second-order valence-electron chi connectivity index (χ2n) is 5.27. The lowest BCUT2D eigenvalue weighted by Crippen LogP contribution is -2.46. The van der Waals surface area contributed by atoms with E-state index in [2.05, 4.69) is 19.8 Å². The summed E-state index contributed by atoms with van der Waals surface area (Å²) in [6.07, 6.45) is 3.57. The highest BCUT2D eigenvalue weighted by molar-refractivity contribution is 6.31. The molecule has 0 bridgehead atoms. The Bertz CT molecular complexity index is 615. The number of hydrogen-bond donors (Lipinski definition) is 0. The molecule has 0 spiro atoms. The third kappa shape index (κ3) is 3.48. The van der Waals surface area contributed by atoms with E-state index < -0.39 is 0 Å². The van der Waals surface area contributed by atoms with E-state index in [9.17, 15) is 0 Å². The van der Waals surface area contributed by atoms with Crippen molar-refractivity contribution in [3.63, 3.8) is 0 Å². The summed E-state index contributed by atoms with van der Waals surface area (Å²) in [5.41, 5.74) is 1.13. The van der Waals surface area contributed by atoms with Gasteiger partial charge in [-0.2, -0.15) is 0 Å². The lowest BCUT2D eigenvalue weighted by atomic mass is 10.2. The van der Waals surface area contributed by atoms with Crippen molar-refractivity contribution in [1.82, 2.24) is 14.9 Å². The minimum atomic E-state index is 0.758. The number of halogens is 1. The summed E-state index contributed by atoms with van der Waals surface area (Å²) in [6.45, 7) is 4.66. The fraction of sp³-hybridized carbons (Fsp3) is 0.375. The Labute approximate surface area is 135 Å². The van der Waals surface area contributed by atoms with Gasteiger partial charge in [0.05, 0.1) is 7.11 Å². The van der Waals surface area contributed by atoms with Crippen molar-refractivity contribution in [2.45, 2.75) is 6.54 Å². The van der Waals surface area contributed by atoms with Crippen molar-refractivity contribution in [1.29, 1.82) is 0 Å². The maximum absolute atomic E-state index is 6.31. The molecule has 0 amide bonds. The van der Waals surface area contributed by atoms with Gasteiger partial charge in [-0.15, -0.1) is 0 Å². The van der Waals surface area contributed by atoms with Gasteiger partial charge >= 0.3 is 0 Å². The molecule has 5 nitrogen and oxygen atoms in total. The third-order valence-corrected chi connectivity index (χ3v) is 4.21. The fourth-order valence-electron chi connectivity index (χ4n) is 2.58. The first-order valence-corrected chi connectivity index (χ1v) is 7.71. The summed E-state index contributed by atoms with van der Waals surface area (Å²) in [7, 11) is 1.65. The molecule has 2 heterocycles. The summed E-state index contributed by atoms with van der Waals surface area (Å²) in [5.74, 6) is 1.60. The van der Waals surface area contributed by atoms with E-state index in [1.54, 1.807) is 19.5 Å². The van der Waals surface area contributed by atoms with Gasteiger partial charge in [0, 0.05) is 50.1 Å². The molecule has 3 rings (SSSR count). The van der Waals surface area contributed by atoms with Crippen LogP contribution in [-0.2, 0) is 6.54 Å². The molecule has 0 N–H and O–H groups in total. The second-order valence-corrected chi connectivity index (χ2v) is 5.68. The molecule has 1 fully saturated rings.